The third kappa shape index (κ3) is 5.32. The fraction of sp³-hybridized carbons (Fsp3) is 0.273. The maximum absolute atomic E-state index is 14.3. The first kappa shape index (κ1) is 26.3. The van der Waals surface area contributed by atoms with Crippen molar-refractivity contribution in [3.05, 3.63) is 113 Å². The second-order valence-corrected chi connectivity index (χ2v) is 10.4. The summed E-state index contributed by atoms with van der Waals surface area (Å²) in [6, 6.07) is 25.8. The first-order valence-electron chi connectivity index (χ1n) is 13.7. The molecule has 5 rings (SSSR count). The minimum Gasteiger partial charge on any atom is -0.316 e. The molecule has 39 heavy (non-hydrogen) atoms. The third-order valence-electron chi connectivity index (χ3n) is 7.40. The van der Waals surface area contributed by atoms with Gasteiger partial charge in [-0.2, -0.15) is 0 Å². The summed E-state index contributed by atoms with van der Waals surface area (Å²) in [5.74, 6) is -0.118. The van der Waals surface area contributed by atoms with Crippen LogP contribution in [0.4, 0.5) is 16.2 Å². The summed E-state index contributed by atoms with van der Waals surface area (Å²) in [7, 11) is 0. The van der Waals surface area contributed by atoms with Gasteiger partial charge in [-0.15, -0.1) is 0 Å². The molecule has 200 valence electrons. The van der Waals surface area contributed by atoms with Gasteiger partial charge in [0.2, 0.25) is 5.91 Å². The van der Waals surface area contributed by atoms with E-state index in [2.05, 4.69) is 54.1 Å². The number of rotatable bonds is 7. The van der Waals surface area contributed by atoms with E-state index in [4.69, 9.17) is 0 Å². The molecule has 1 atom stereocenters. The number of amides is 3. The third-order valence-corrected chi connectivity index (χ3v) is 7.40. The van der Waals surface area contributed by atoms with Gasteiger partial charge in [0.25, 0.3) is 0 Å². The zero-order chi connectivity index (χ0) is 27.5. The Balaban J connectivity index is 1.50. The minimum absolute atomic E-state index is 0.0197. The van der Waals surface area contributed by atoms with Crippen LogP contribution < -0.4 is 10.2 Å². The molecule has 4 aromatic rings. The second-order valence-electron chi connectivity index (χ2n) is 10.4. The molecule has 3 aromatic carbocycles. The van der Waals surface area contributed by atoms with Gasteiger partial charge in [0, 0.05) is 18.4 Å². The molecule has 0 fully saturated rings. The van der Waals surface area contributed by atoms with Crippen molar-refractivity contribution < 1.29 is 9.59 Å². The highest BCUT2D eigenvalue weighted by Crippen LogP contribution is 2.42. The van der Waals surface area contributed by atoms with Gasteiger partial charge in [-0.1, -0.05) is 73.0 Å². The van der Waals surface area contributed by atoms with Gasteiger partial charge in [0.05, 0.1) is 17.1 Å². The van der Waals surface area contributed by atoms with E-state index in [1.54, 1.807) is 4.90 Å². The van der Waals surface area contributed by atoms with Crippen molar-refractivity contribution in [3.63, 3.8) is 0 Å². The number of aromatic nitrogens is 1. The van der Waals surface area contributed by atoms with Crippen LogP contribution in [0, 0.1) is 20.8 Å². The number of nitrogens with one attached hydrogen (secondary N) is 1. The van der Waals surface area contributed by atoms with Crippen LogP contribution in [0.2, 0.25) is 0 Å². The van der Waals surface area contributed by atoms with Crippen LogP contribution in [-0.2, 0) is 4.79 Å². The van der Waals surface area contributed by atoms with Crippen LogP contribution in [0.25, 0.3) is 5.69 Å². The minimum atomic E-state index is -0.307. The Morgan fingerprint density at radius 3 is 2.31 bits per heavy atom. The predicted molar refractivity (Wildman–Crippen MR) is 158 cm³/mol. The SMILES string of the molecule is CCCCN(CC(=O)N1c2ccccc2-n2cccc2C1c1ccc(C)cc1)C(=O)Nc1ccc(C)cc1C. The summed E-state index contributed by atoms with van der Waals surface area (Å²) < 4.78 is 2.16. The van der Waals surface area contributed by atoms with Crippen molar-refractivity contribution in [2.75, 3.05) is 23.3 Å². The molecule has 0 bridgehead atoms. The van der Waals surface area contributed by atoms with Crippen molar-refractivity contribution in [3.8, 4) is 5.69 Å². The molecule has 1 aromatic heterocycles. The topological polar surface area (TPSA) is 57.6 Å². The Morgan fingerprint density at radius 1 is 0.872 bits per heavy atom. The maximum Gasteiger partial charge on any atom is 0.322 e. The van der Waals surface area contributed by atoms with Crippen molar-refractivity contribution >= 4 is 23.3 Å². The number of carbonyl (C=O) groups is 2. The largest absolute Gasteiger partial charge is 0.322 e. The molecule has 1 unspecified atom stereocenters. The van der Waals surface area contributed by atoms with Crippen molar-refractivity contribution in [2.24, 2.45) is 0 Å². The lowest BCUT2D eigenvalue weighted by Gasteiger charge is -2.39. The lowest BCUT2D eigenvalue weighted by Crippen LogP contribution is -2.48. The van der Waals surface area contributed by atoms with Crippen LogP contribution in [0.3, 0.4) is 0 Å². The maximum atomic E-state index is 14.3. The number of nitrogens with zero attached hydrogens (tertiary/aromatic N) is 3. The molecule has 0 saturated carbocycles. The molecule has 0 aliphatic carbocycles. The quantitative estimate of drug-likeness (QED) is 0.281. The number of benzene rings is 3. The molecule has 0 spiro atoms. The molecule has 2 heterocycles. The van der Waals surface area contributed by atoms with Crippen LogP contribution in [0.1, 0.15) is 53.8 Å². The molecule has 1 N–H and O–H groups in total. The van der Waals surface area contributed by atoms with Crippen molar-refractivity contribution in [1.82, 2.24) is 9.47 Å². The average molecular weight is 521 g/mol. The zero-order valence-corrected chi connectivity index (χ0v) is 23.1. The number of anilines is 2. The van der Waals surface area contributed by atoms with E-state index in [0.717, 1.165) is 57.9 Å². The first-order chi connectivity index (χ1) is 18.9. The molecule has 1 aliphatic heterocycles. The van der Waals surface area contributed by atoms with E-state index >= 15 is 0 Å². The molecule has 3 amide bonds. The number of fused-ring (bicyclic) bond motifs is 3. The molecule has 6 nitrogen and oxygen atoms in total. The summed E-state index contributed by atoms with van der Waals surface area (Å²) in [6.07, 6.45) is 3.78. The van der Waals surface area contributed by atoms with Gasteiger partial charge >= 0.3 is 6.03 Å². The number of hydrogen-bond acceptors (Lipinski definition) is 2. The number of aryl methyl sites for hydroxylation is 3. The molecule has 0 radical (unpaired) electrons. The van der Waals surface area contributed by atoms with Crippen molar-refractivity contribution in [1.29, 1.82) is 0 Å². The Morgan fingerprint density at radius 2 is 1.59 bits per heavy atom. The second kappa shape index (κ2) is 11.2. The van der Waals surface area contributed by atoms with Gasteiger partial charge in [0.1, 0.15) is 12.6 Å². The first-order valence-corrected chi connectivity index (χ1v) is 13.7. The standard InChI is InChI=1S/C33H36N4O2/c1-5-6-19-35(33(39)34-27-18-15-24(3)21-25(27)4)22-31(38)37-29-11-8-7-10-28(29)36-20-9-12-30(36)32(37)26-16-13-23(2)14-17-26/h7-18,20-21,32H,5-6,19,22H2,1-4H3,(H,34,39). The highest BCUT2D eigenvalue weighted by atomic mass is 16.2. The Hall–Kier alpha value is -4.32. The van der Waals surface area contributed by atoms with Gasteiger partial charge in [-0.3, -0.25) is 9.69 Å². The van der Waals surface area contributed by atoms with E-state index in [1.807, 2.05) is 73.5 Å². The number of carbonyl (C=O) groups excluding carboxylic acids is 2. The van der Waals surface area contributed by atoms with Crippen LogP contribution in [0.15, 0.2) is 85.1 Å². The highest BCUT2D eigenvalue weighted by molar-refractivity contribution is 6.01. The van der Waals surface area contributed by atoms with E-state index in [0.29, 0.717) is 6.54 Å². The smallest absolute Gasteiger partial charge is 0.316 e. The Bertz CT molecular complexity index is 1490. The number of hydrogen-bond donors (Lipinski definition) is 1. The average Bonchev–Trinajstić information content (AvgIpc) is 3.42. The normalized spacial score (nSPS) is 13.9. The summed E-state index contributed by atoms with van der Waals surface area (Å²) in [5, 5.41) is 3.05. The lowest BCUT2D eigenvalue weighted by atomic mass is 9.97. The zero-order valence-electron chi connectivity index (χ0n) is 23.1. The number of urea groups is 1. The monoisotopic (exact) mass is 520 g/mol. The lowest BCUT2D eigenvalue weighted by molar-refractivity contribution is -0.119. The molecular formula is C33H36N4O2. The van der Waals surface area contributed by atoms with E-state index in [1.165, 1.54) is 0 Å². The van der Waals surface area contributed by atoms with E-state index in [9.17, 15) is 9.59 Å². The van der Waals surface area contributed by atoms with Gasteiger partial charge in [-0.05, 0) is 68.7 Å². The molecular weight excluding hydrogens is 484 g/mol. The fourth-order valence-electron chi connectivity index (χ4n) is 5.32. The van der Waals surface area contributed by atoms with E-state index < -0.39 is 0 Å². The molecule has 1 aliphatic rings. The predicted octanol–water partition coefficient (Wildman–Crippen LogP) is 7.17. The Kier molecular flexibility index (Phi) is 7.55. The molecule has 6 heteroatoms. The molecule has 0 saturated heterocycles. The highest BCUT2D eigenvalue weighted by Gasteiger charge is 2.37. The fourth-order valence-corrected chi connectivity index (χ4v) is 5.32. The van der Waals surface area contributed by atoms with Gasteiger partial charge in [0.15, 0.2) is 0 Å². The van der Waals surface area contributed by atoms with Crippen LogP contribution >= 0.6 is 0 Å². The van der Waals surface area contributed by atoms with Crippen molar-refractivity contribution in [2.45, 2.75) is 46.6 Å². The van der Waals surface area contributed by atoms with Gasteiger partial charge in [-0.25, -0.2) is 4.79 Å². The van der Waals surface area contributed by atoms with Crippen LogP contribution in [-0.4, -0.2) is 34.5 Å². The number of unbranched alkanes of at least 4 members (excludes halogenated alkanes) is 1. The van der Waals surface area contributed by atoms with E-state index in [-0.39, 0.29) is 24.5 Å². The summed E-state index contributed by atoms with van der Waals surface area (Å²) in [6.45, 7) is 8.64. The van der Waals surface area contributed by atoms with Crippen LogP contribution in [0.5, 0.6) is 0 Å². The van der Waals surface area contributed by atoms with Gasteiger partial charge < -0.3 is 14.8 Å². The number of para-hydroxylation sites is 2. The Labute approximate surface area is 230 Å². The summed E-state index contributed by atoms with van der Waals surface area (Å²) >= 11 is 0. The summed E-state index contributed by atoms with van der Waals surface area (Å²) in [5.41, 5.74) is 7.90. The summed E-state index contributed by atoms with van der Waals surface area (Å²) in [4.78, 5) is 31.3.